The van der Waals surface area contributed by atoms with E-state index in [1.165, 1.54) is 0 Å². The maximum atomic E-state index is 13.4. The van der Waals surface area contributed by atoms with Crippen LogP contribution >= 0.6 is 23.2 Å². The number of carbonyl (C=O) groups is 1. The van der Waals surface area contributed by atoms with E-state index in [2.05, 4.69) is 10.6 Å². The first kappa shape index (κ1) is 16.5. The molecule has 0 aliphatic rings. The van der Waals surface area contributed by atoms with Crippen molar-refractivity contribution < 1.29 is 13.6 Å². The minimum absolute atomic E-state index is 0.0691. The van der Waals surface area contributed by atoms with Crippen molar-refractivity contribution in [2.45, 2.75) is 13.1 Å². The second kappa shape index (κ2) is 7.42. The van der Waals surface area contributed by atoms with Crippen LogP contribution in [0.1, 0.15) is 11.1 Å². The minimum atomic E-state index is -0.581. The third-order valence-electron chi connectivity index (χ3n) is 2.90. The molecule has 0 bridgehead atoms. The molecule has 0 heterocycles. The zero-order chi connectivity index (χ0) is 16.1. The molecule has 2 rings (SSSR count). The Kier molecular flexibility index (Phi) is 5.57. The Morgan fingerprint density at radius 1 is 0.955 bits per heavy atom. The van der Waals surface area contributed by atoms with E-state index in [-0.39, 0.29) is 18.7 Å². The summed E-state index contributed by atoms with van der Waals surface area (Å²) in [5.74, 6) is -1.14. The number of amides is 2. The highest BCUT2D eigenvalue weighted by molar-refractivity contribution is 6.35. The van der Waals surface area contributed by atoms with E-state index >= 15 is 0 Å². The minimum Gasteiger partial charge on any atom is -0.334 e. The van der Waals surface area contributed by atoms with Crippen molar-refractivity contribution in [3.63, 3.8) is 0 Å². The molecule has 0 aliphatic heterocycles. The SMILES string of the molecule is O=C(NCc1cc(F)ccc1F)NCc1ccc(Cl)cc1Cl. The summed E-state index contributed by atoms with van der Waals surface area (Å²) in [5, 5.41) is 5.95. The fraction of sp³-hybridized carbons (Fsp3) is 0.133. The number of hydrogen-bond acceptors (Lipinski definition) is 1. The van der Waals surface area contributed by atoms with E-state index in [0.29, 0.717) is 15.6 Å². The van der Waals surface area contributed by atoms with Crippen LogP contribution in [0.4, 0.5) is 13.6 Å². The number of rotatable bonds is 4. The standard InChI is InChI=1S/C15H12Cl2F2N2O/c16-11-2-1-9(13(17)6-11)7-20-15(22)21-8-10-5-12(18)3-4-14(10)19/h1-6H,7-8H2,(H2,20,21,22). The van der Waals surface area contributed by atoms with Gasteiger partial charge in [0.2, 0.25) is 0 Å². The van der Waals surface area contributed by atoms with Gasteiger partial charge in [-0.2, -0.15) is 0 Å². The summed E-state index contributed by atoms with van der Waals surface area (Å²) in [5.41, 5.74) is 0.762. The van der Waals surface area contributed by atoms with Crippen LogP contribution in [0.25, 0.3) is 0 Å². The second-order valence-corrected chi connectivity index (χ2v) is 5.35. The fourth-order valence-electron chi connectivity index (χ4n) is 1.76. The molecule has 2 amide bonds. The monoisotopic (exact) mass is 344 g/mol. The third-order valence-corrected chi connectivity index (χ3v) is 3.49. The topological polar surface area (TPSA) is 41.1 Å². The number of nitrogens with one attached hydrogen (secondary N) is 2. The lowest BCUT2D eigenvalue weighted by molar-refractivity contribution is 0.240. The number of carbonyl (C=O) groups excluding carboxylic acids is 1. The molecule has 0 radical (unpaired) electrons. The van der Waals surface area contributed by atoms with Crippen molar-refractivity contribution in [1.82, 2.24) is 10.6 Å². The summed E-state index contributed by atoms with van der Waals surface area (Å²) in [6.45, 7) is 0.0667. The number of halogens is 4. The second-order valence-electron chi connectivity index (χ2n) is 4.51. The molecule has 0 saturated carbocycles. The average Bonchev–Trinajstić information content (AvgIpc) is 2.47. The Morgan fingerprint density at radius 3 is 2.32 bits per heavy atom. The molecule has 0 spiro atoms. The van der Waals surface area contributed by atoms with Crippen LogP contribution in [-0.4, -0.2) is 6.03 Å². The first-order valence-electron chi connectivity index (χ1n) is 6.35. The maximum Gasteiger partial charge on any atom is 0.315 e. The van der Waals surface area contributed by atoms with E-state index < -0.39 is 17.7 Å². The molecule has 116 valence electrons. The van der Waals surface area contributed by atoms with Gasteiger partial charge in [-0.15, -0.1) is 0 Å². The summed E-state index contributed by atoms with van der Waals surface area (Å²) >= 11 is 11.8. The largest absolute Gasteiger partial charge is 0.334 e. The van der Waals surface area contributed by atoms with Gasteiger partial charge >= 0.3 is 6.03 Å². The van der Waals surface area contributed by atoms with Crippen molar-refractivity contribution in [2.24, 2.45) is 0 Å². The summed E-state index contributed by atoms with van der Waals surface area (Å²) in [7, 11) is 0. The van der Waals surface area contributed by atoms with Crippen LogP contribution in [0.2, 0.25) is 10.0 Å². The predicted octanol–water partition coefficient (Wildman–Crippen LogP) is 4.27. The normalized spacial score (nSPS) is 10.4. The Labute approximate surface area is 136 Å². The molecule has 0 unspecified atom stereocenters. The highest BCUT2D eigenvalue weighted by Crippen LogP contribution is 2.20. The first-order chi connectivity index (χ1) is 10.5. The van der Waals surface area contributed by atoms with Crippen LogP contribution in [0.3, 0.4) is 0 Å². The van der Waals surface area contributed by atoms with E-state index in [9.17, 15) is 13.6 Å². The van der Waals surface area contributed by atoms with Crippen molar-refractivity contribution in [3.8, 4) is 0 Å². The molecule has 0 atom stereocenters. The predicted molar refractivity (Wildman–Crippen MR) is 81.9 cm³/mol. The van der Waals surface area contributed by atoms with Crippen LogP contribution in [0.15, 0.2) is 36.4 Å². The zero-order valence-electron chi connectivity index (χ0n) is 11.3. The van der Waals surface area contributed by atoms with Gasteiger partial charge in [0.25, 0.3) is 0 Å². The maximum absolute atomic E-state index is 13.4. The molecule has 0 fully saturated rings. The van der Waals surface area contributed by atoms with E-state index in [0.717, 1.165) is 18.2 Å². The van der Waals surface area contributed by atoms with Crippen LogP contribution in [-0.2, 0) is 13.1 Å². The van der Waals surface area contributed by atoms with Gasteiger partial charge in [-0.05, 0) is 35.9 Å². The smallest absolute Gasteiger partial charge is 0.315 e. The Bertz CT molecular complexity index is 695. The van der Waals surface area contributed by atoms with Crippen molar-refractivity contribution >= 4 is 29.2 Å². The summed E-state index contributed by atoms with van der Waals surface area (Å²) in [6.07, 6.45) is 0. The molecular formula is C15H12Cl2F2N2O. The van der Waals surface area contributed by atoms with Gasteiger partial charge in [-0.25, -0.2) is 13.6 Å². The van der Waals surface area contributed by atoms with Crippen LogP contribution < -0.4 is 10.6 Å². The summed E-state index contributed by atoms with van der Waals surface area (Å²) < 4.78 is 26.4. The summed E-state index contributed by atoms with van der Waals surface area (Å²) in [4.78, 5) is 11.7. The Morgan fingerprint density at radius 2 is 1.64 bits per heavy atom. The first-order valence-corrected chi connectivity index (χ1v) is 7.11. The van der Waals surface area contributed by atoms with E-state index in [1.807, 2.05) is 0 Å². The van der Waals surface area contributed by atoms with Gasteiger partial charge in [0, 0.05) is 28.7 Å². The molecule has 2 aromatic carbocycles. The van der Waals surface area contributed by atoms with Gasteiger partial charge in [-0.1, -0.05) is 29.3 Å². The van der Waals surface area contributed by atoms with Gasteiger partial charge < -0.3 is 10.6 Å². The fourth-order valence-corrected chi connectivity index (χ4v) is 2.23. The van der Waals surface area contributed by atoms with Crippen molar-refractivity contribution in [3.05, 3.63) is 69.2 Å². The number of benzene rings is 2. The Balaban J connectivity index is 1.87. The molecule has 0 aliphatic carbocycles. The Hall–Kier alpha value is -1.85. The zero-order valence-corrected chi connectivity index (χ0v) is 12.8. The van der Waals surface area contributed by atoms with Crippen molar-refractivity contribution in [2.75, 3.05) is 0 Å². The van der Waals surface area contributed by atoms with E-state index in [4.69, 9.17) is 23.2 Å². The molecule has 0 aromatic heterocycles. The molecule has 2 aromatic rings. The van der Waals surface area contributed by atoms with Gasteiger partial charge in [0.15, 0.2) is 0 Å². The third kappa shape index (κ3) is 4.58. The summed E-state index contributed by atoms with van der Waals surface area (Å²) in [6, 6.07) is 7.46. The molecular weight excluding hydrogens is 333 g/mol. The molecule has 0 saturated heterocycles. The van der Waals surface area contributed by atoms with Gasteiger partial charge in [0.05, 0.1) is 0 Å². The van der Waals surface area contributed by atoms with Crippen LogP contribution in [0, 0.1) is 11.6 Å². The van der Waals surface area contributed by atoms with E-state index in [1.54, 1.807) is 18.2 Å². The molecule has 2 N–H and O–H groups in total. The lowest BCUT2D eigenvalue weighted by Gasteiger charge is -2.09. The highest BCUT2D eigenvalue weighted by atomic mass is 35.5. The number of urea groups is 1. The number of hydrogen-bond donors (Lipinski definition) is 2. The van der Waals surface area contributed by atoms with Crippen LogP contribution in [0.5, 0.6) is 0 Å². The average molecular weight is 345 g/mol. The lowest BCUT2D eigenvalue weighted by atomic mass is 10.2. The quantitative estimate of drug-likeness (QED) is 0.854. The van der Waals surface area contributed by atoms with Gasteiger partial charge in [-0.3, -0.25) is 0 Å². The van der Waals surface area contributed by atoms with Crippen molar-refractivity contribution in [1.29, 1.82) is 0 Å². The lowest BCUT2D eigenvalue weighted by Crippen LogP contribution is -2.34. The highest BCUT2D eigenvalue weighted by Gasteiger charge is 2.07. The molecule has 22 heavy (non-hydrogen) atoms. The molecule has 7 heteroatoms. The molecule has 3 nitrogen and oxygen atoms in total. The van der Waals surface area contributed by atoms with Gasteiger partial charge in [0.1, 0.15) is 11.6 Å².